The lowest BCUT2D eigenvalue weighted by molar-refractivity contribution is 0.660. The number of anilines is 1. The molecule has 0 spiro atoms. The number of rotatable bonds is 4. The second-order valence-corrected chi connectivity index (χ2v) is 4.45. The third-order valence-corrected chi connectivity index (χ3v) is 3.20. The summed E-state index contributed by atoms with van der Waals surface area (Å²) in [6, 6.07) is 5.50. The second kappa shape index (κ2) is 5.43. The van der Waals surface area contributed by atoms with Gasteiger partial charge in [0.05, 0.1) is 11.9 Å². The summed E-state index contributed by atoms with van der Waals surface area (Å²) < 4.78 is 1.86. The van der Waals surface area contributed by atoms with Gasteiger partial charge in [-0.05, 0) is 19.1 Å². The molecule has 0 aliphatic heterocycles. The maximum Gasteiger partial charge on any atom is 0.0729 e. The topological polar surface area (TPSA) is 29.9 Å². The molecule has 1 aromatic heterocycles. The molecule has 0 fully saturated rings. The van der Waals surface area contributed by atoms with Crippen LogP contribution in [0.2, 0.25) is 10.0 Å². The number of nitrogens with one attached hydrogen (secondary N) is 1. The Balaban J connectivity index is 2.07. The van der Waals surface area contributed by atoms with Gasteiger partial charge in [-0.2, -0.15) is 5.10 Å². The minimum absolute atomic E-state index is 0.591. The van der Waals surface area contributed by atoms with Crippen LogP contribution < -0.4 is 5.32 Å². The molecule has 17 heavy (non-hydrogen) atoms. The molecule has 1 aromatic carbocycles. The zero-order chi connectivity index (χ0) is 12.3. The minimum atomic E-state index is 0.591. The van der Waals surface area contributed by atoms with Crippen molar-refractivity contribution in [2.45, 2.75) is 20.0 Å². The molecule has 0 aliphatic carbocycles. The largest absolute Gasteiger partial charge is 0.378 e. The van der Waals surface area contributed by atoms with Gasteiger partial charge in [-0.25, -0.2) is 0 Å². The van der Waals surface area contributed by atoms with Crippen molar-refractivity contribution >= 4 is 28.9 Å². The third-order valence-electron chi connectivity index (χ3n) is 2.49. The number of hydrogen-bond acceptors (Lipinski definition) is 2. The van der Waals surface area contributed by atoms with E-state index in [0.29, 0.717) is 16.6 Å². The first kappa shape index (κ1) is 12.3. The van der Waals surface area contributed by atoms with Crippen LogP contribution in [0.5, 0.6) is 0 Å². The molecule has 0 radical (unpaired) electrons. The molecule has 2 aromatic rings. The van der Waals surface area contributed by atoms with Crippen molar-refractivity contribution in [2.24, 2.45) is 0 Å². The summed E-state index contributed by atoms with van der Waals surface area (Å²) in [5.74, 6) is 0. The van der Waals surface area contributed by atoms with Crippen LogP contribution in [0.15, 0.2) is 30.6 Å². The Morgan fingerprint density at radius 2 is 2.00 bits per heavy atom. The molecule has 2 rings (SSSR count). The van der Waals surface area contributed by atoms with E-state index in [0.717, 1.165) is 17.8 Å². The van der Waals surface area contributed by atoms with Crippen LogP contribution in [0.25, 0.3) is 0 Å². The molecule has 0 saturated heterocycles. The first-order valence-corrected chi connectivity index (χ1v) is 6.15. The van der Waals surface area contributed by atoms with Gasteiger partial charge in [0.15, 0.2) is 0 Å². The van der Waals surface area contributed by atoms with E-state index in [-0.39, 0.29) is 0 Å². The highest BCUT2D eigenvalue weighted by Crippen LogP contribution is 2.25. The average Bonchev–Trinajstić information content (AvgIpc) is 2.76. The molecule has 5 heteroatoms. The summed E-state index contributed by atoms with van der Waals surface area (Å²) in [6.45, 7) is 3.49. The second-order valence-electron chi connectivity index (χ2n) is 3.64. The Labute approximate surface area is 110 Å². The van der Waals surface area contributed by atoms with Crippen LogP contribution >= 0.6 is 23.2 Å². The van der Waals surface area contributed by atoms with Crippen molar-refractivity contribution in [3.05, 3.63) is 46.2 Å². The molecular formula is C12H13Cl2N3. The van der Waals surface area contributed by atoms with Crippen LogP contribution in [0.1, 0.15) is 12.5 Å². The van der Waals surface area contributed by atoms with Gasteiger partial charge >= 0.3 is 0 Å². The van der Waals surface area contributed by atoms with Gasteiger partial charge in [-0.3, -0.25) is 4.68 Å². The Morgan fingerprint density at radius 3 is 2.59 bits per heavy atom. The van der Waals surface area contributed by atoms with Gasteiger partial charge < -0.3 is 5.32 Å². The molecule has 0 amide bonds. The Kier molecular flexibility index (Phi) is 3.92. The number of aryl methyl sites for hydroxylation is 1. The standard InChI is InChI=1S/C12H13Cl2N3/c1-2-17-8-9(6-16-17)15-7-10-11(13)4-3-5-12(10)14/h3-6,8,15H,2,7H2,1H3. The molecule has 0 atom stereocenters. The van der Waals surface area contributed by atoms with E-state index in [4.69, 9.17) is 23.2 Å². The Bertz CT molecular complexity index is 488. The van der Waals surface area contributed by atoms with Crippen molar-refractivity contribution in [1.29, 1.82) is 0 Å². The van der Waals surface area contributed by atoms with Crippen molar-refractivity contribution in [3.63, 3.8) is 0 Å². The van der Waals surface area contributed by atoms with Gasteiger partial charge in [0.2, 0.25) is 0 Å². The first-order chi connectivity index (χ1) is 8.20. The summed E-state index contributed by atoms with van der Waals surface area (Å²) >= 11 is 12.2. The number of aromatic nitrogens is 2. The van der Waals surface area contributed by atoms with Crippen LogP contribution in [0, 0.1) is 0 Å². The zero-order valence-electron chi connectivity index (χ0n) is 9.45. The number of hydrogen-bond donors (Lipinski definition) is 1. The Morgan fingerprint density at radius 1 is 1.29 bits per heavy atom. The van der Waals surface area contributed by atoms with E-state index in [1.807, 2.05) is 36.0 Å². The molecular weight excluding hydrogens is 257 g/mol. The van der Waals surface area contributed by atoms with Gasteiger partial charge in [-0.15, -0.1) is 0 Å². The molecule has 1 N–H and O–H groups in total. The zero-order valence-corrected chi connectivity index (χ0v) is 11.0. The highest BCUT2D eigenvalue weighted by atomic mass is 35.5. The van der Waals surface area contributed by atoms with E-state index in [2.05, 4.69) is 10.4 Å². The van der Waals surface area contributed by atoms with Crippen LogP contribution in [-0.2, 0) is 13.1 Å². The highest BCUT2D eigenvalue weighted by Gasteiger charge is 2.05. The van der Waals surface area contributed by atoms with Gasteiger partial charge in [-0.1, -0.05) is 29.3 Å². The van der Waals surface area contributed by atoms with E-state index in [1.165, 1.54) is 0 Å². The number of benzene rings is 1. The summed E-state index contributed by atoms with van der Waals surface area (Å²) in [6.07, 6.45) is 3.74. The minimum Gasteiger partial charge on any atom is -0.378 e. The first-order valence-electron chi connectivity index (χ1n) is 5.40. The number of nitrogens with zero attached hydrogens (tertiary/aromatic N) is 2. The SMILES string of the molecule is CCn1cc(NCc2c(Cl)cccc2Cl)cn1. The molecule has 90 valence electrons. The van der Waals surface area contributed by atoms with Crippen molar-refractivity contribution in [2.75, 3.05) is 5.32 Å². The van der Waals surface area contributed by atoms with Gasteiger partial charge in [0.25, 0.3) is 0 Å². The number of halogens is 2. The maximum atomic E-state index is 6.08. The lowest BCUT2D eigenvalue weighted by Crippen LogP contribution is -2.00. The molecule has 1 heterocycles. The van der Waals surface area contributed by atoms with E-state index < -0.39 is 0 Å². The smallest absolute Gasteiger partial charge is 0.0729 e. The van der Waals surface area contributed by atoms with Crippen molar-refractivity contribution in [3.8, 4) is 0 Å². The normalized spacial score (nSPS) is 10.5. The fourth-order valence-corrected chi connectivity index (χ4v) is 2.05. The summed E-state index contributed by atoms with van der Waals surface area (Å²) in [5.41, 5.74) is 1.86. The van der Waals surface area contributed by atoms with E-state index in [9.17, 15) is 0 Å². The maximum absolute atomic E-state index is 6.08. The Hall–Kier alpha value is -1.19. The molecule has 3 nitrogen and oxygen atoms in total. The van der Waals surface area contributed by atoms with Crippen LogP contribution in [-0.4, -0.2) is 9.78 Å². The highest BCUT2D eigenvalue weighted by molar-refractivity contribution is 6.36. The van der Waals surface area contributed by atoms with Crippen LogP contribution in [0.4, 0.5) is 5.69 Å². The van der Waals surface area contributed by atoms with Gasteiger partial charge in [0, 0.05) is 34.9 Å². The predicted molar refractivity (Wildman–Crippen MR) is 71.7 cm³/mol. The predicted octanol–water partition coefficient (Wildman–Crippen LogP) is 3.82. The van der Waals surface area contributed by atoms with Crippen LogP contribution in [0.3, 0.4) is 0 Å². The lowest BCUT2D eigenvalue weighted by Gasteiger charge is -2.07. The third kappa shape index (κ3) is 2.93. The fourth-order valence-electron chi connectivity index (χ4n) is 1.52. The van der Waals surface area contributed by atoms with Gasteiger partial charge in [0.1, 0.15) is 0 Å². The van der Waals surface area contributed by atoms with E-state index >= 15 is 0 Å². The fraction of sp³-hybridized carbons (Fsp3) is 0.250. The van der Waals surface area contributed by atoms with Crippen molar-refractivity contribution < 1.29 is 0 Å². The molecule has 0 bridgehead atoms. The molecule has 0 aliphatic rings. The van der Waals surface area contributed by atoms with E-state index in [1.54, 1.807) is 6.20 Å². The molecule has 0 unspecified atom stereocenters. The molecule has 0 saturated carbocycles. The lowest BCUT2D eigenvalue weighted by atomic mass is 10.2. The monoisotopic (exact) mass is 269 g/mol. The van der Waals surface area contributed by atoms with Crippen molar-refractivity contribution in [1.82, 2.24) is 9.78 Å². The summed E-state index contributed by atoms with van der Waals surface area (Å²) in [7, 11) is 0. The summed E-state index contributed by atoms with van der Waals surface area (Å²) in [5, 5.41) is 8.77. The summed E-state index contributed by atoms with van der Waals surface area (Å²) in [4.78, 5) is 0. The quantitative estimate of drug-likeness (QED) is 0.915. The average molecular weight is 270 g/mol.